The number of amides is 3. The minimum atomic E-state index is -2.72. The van der Waals surface area contributed by atoms with Gasteiger partial charge < -0.3 is 20.2 Å². The maximum absolute atomic E-state index is 13.6. The molecule has 28 heavy (non-hydrogen) atoms. The summed E-state index contributed by atoms with van der Waals surface area (Å²) >= 11 is 0. The van der Waals surface area contributed by atoms with Crippen LogP contribution in [0.3, 0.4) is 0 Å². The highest BCUT2D eigenvalue weighted by molar-refractivity contribution is 5.85. The van der Waals surface area contributed by atoms with Crippen LogP contribution >= 0.6 is 0 Å². The van der Waals surface area contributed by atoms with E-state index >= 15 is 0 Å². The molecule has 0 aromatic carbocycles. The molecule has 0 unspecified atom stereocenters. The van der Waals surface area contributed by atoms with Gasteiger partial charge in [-0.3, -0.25) is 4.79 Å². The number of urea groups is 1. The normalized spacial score (nSPS) is 25.4. The Morgan fingerprint density at radius 3 is 2.21 bits per heavy atom. The smallest absolute Gasteiger partial charge is 0.326 e. The molecule has 0 aromatic heterocycles. The van der Waals surface area contributed by atoms with Gasteiger partial charge in [0.05, 0.1) is 6.04 Å². The second-order valence-electron chi connectivity index (χ2n) is 8.78. The highest BCUT2D eigenvalue weighted by Crippen LogP contribution is 2.38. The summed E-state index contributed by atoms with van der Waals surface area (Å²) in [5.74, 6) is -4.05. The lowest BCUT2D eigenvalue weighted by atomic mass is 9.86. The molecule has 1 saturated carbocycles. The lowest BCUT2D eigenvalue weighted by Gasteiger charge is -2.43. The number of carbonyl (C=O) groups is 3. The topological polar surface area (TPSA) is 90.0 Å². The third kappa shape index (κ3) is 4.91. The summed E-state index contributed by atoms with van der Waals surface area (Å²) in [6.45, 7) is 7.44. The van der Waals surface area contributed by atoms with Crippen molar-refractivity contribution in [2.45, 2.75) is 83.8 Å². The Morgan fingerprint density at radius 2 is 1.75 bits per heavy atom. The van der Waals surface area contributed by atoms with Crippen LogP contribution in [0.15, 0.2) is 0 Å². The van der Waals surface area contributed by atoms with Crippen molar-refractivity contribution in [2.75, 3.05) is 13.1 Å². The van der Waals surface area contributed by atoms with Gasteiger partial charge in [-0.05, 0) is 19.8 Å². The number of carboxylic acid groups (broad SMARTS) is 1. The van der Waals surface area contributed by atoms with Crippen LogP contribution < -0.4 is 5.32 Å². The van der Waals surface area contributed by atoms with Crippen molar-refractivity contribution in [1.29, 1.82) is 0 Å². The first-order valence-corrected chi connectivity index (χ1v) is 9.85. The number of nitrogens with one attached hydrogen (secondary N) is 1. The Hall–Kier alpha value is -1.93. The molecule has 1 aliphatic heterocycles. The number of hydrogen-bond donors (Lipinski definition) is 2. The number of rotatable bonds is 4. The fourth-order valence-electron chi connectivity index (χ4n) is 4.05. The molecule has 2 fully saturated rings. The lowest BCUT2D eigenvalue weighted by Crippen LogP contribution is -2.54. The van der Waals surface area contributed by atoms with Crippen molar-refractivity contribution in [3.63, 3.8) is 0 Å². The molecule has 1 heterocycles. The maximum Gasteiger partial charge on any atom is 0.326 e. The van der Waals surface area contributed by atoms with E-state index in [4.69, 9.17) is 0 Å². The van der Waals surface area contributed by atoms with E-state index in [1.54, 1.807) is 32.6 Å². The summed E-state index contributed by atoms with van der Waals surface area (Å²) in [6.07, 6.45) is -0.142. The third-order valence-electron chi connectivity index (χ3n) is 5.50. The van der Waals surface area contributed by atoms with E-state index in [1.165, 1.54) is 4.90 Å². The van der Waals surface area contributed by atoms with E-state index in [-0.39, 0.29) is 50.6 Å². The number of nitrogens with zero attached hydrogens (tertiary/aromatic N) is 2. The molecule has 0 bridgehead atoms. The molecule has 0 aromatic rings. The van der Waals surface area contributed by atoms with Crippen molar-refractivity contribution in [3.05, 3.63) is 0 Å². The first-order chi connectivity index (χ1) is 12.9. The number of alkyl halides is 2. The van der Waals surface area contributed by atoms with Gasteiger partial charge in [0.1, 0.15) is 6.04 Å². The number of halogens is 2. The highest BCUT2D eigenvalue weighted by atomic mass is 19.3. The minimum absolute atomic E-state index is 0.0809. The summed E-state index contributed by atoms with van der Waals surface area (Å²) < 4.78 is 27.3. The van der Waals surface area contributed by atoms with Crippen LogP contribution in [0.1, 0.15) is 59.8 Å². The summed E-state index contributed by atoms with van der Waals surface area (Å²) in [4.78, 5) is 40.0. The SMILES string of the molecule is CCNC(=O)N1C[C@@H](N(C(=O)C(C)(C)C)C2CCC(F)(F)CC2)C[C@H]1C(=O)O. The molecule has 9 heteroatoms. The predicted molar refractivity (Wildman–Crippen MR) is 99.1 cm³/mol. The van der Waals surface area contributed by atoms with Gasteiger partial charge in [0.25, 0.3) is 0 Å². The van der Waals surface area contributed by atoms with Crippen LogP contribution in [-0.4, -0.2) is 70.0 Å². The molecule has 2 atom stereocenters. The lowest BCUT2D eigenvalue weighted by molar-refractivity contribution is -0.148. The zero-order chi connectivity index (χ0) is 21.3. The Labute approximate surface area is 164 Å². The fraction of sp³-hybridized carbons (Fsp3) is 0.842. The highest BCUT2D eigenvalue weighted by Gasteiger charge is 2.48. The van der Waals surface area contributed by atoms with Crippen LogP contribution in [0.2, 0.25) is 0 Å². The van der Waals surface area contributed by atoms with Gasteiger partial charge >= 0.3 is 12.0 Å². The van der Waals surface area contributed by atoms with Gasteiger partial charge in [0, 0.05) is 43.8 Å². The van der Waals surface area contributed by atoms with E-state index in [2.05, 4.69) is 5.32 Å². The van der Waals surface area contributed by atoms with Crippen LogP contribution in [0.25, 0.3) is 0 Å². The zero-order valence-electron chi connectivity index (χ0n) is 17.0. The molecule has 2 rings (SSSR count). The van der Waals surface area contributed by atoms with Crippen LogP contribution in [0.4, 0.5) is 13.6 Å². The van der Waals surface area contributed by atoms with Crippen LogP contribution in [0, 0.1) is 5.41 Å². The first-order valence-electron chi connectivity index (χ1n) is 9.85. The Bertz CT molecular complexity index is 611. The van der Waals surface area contributed by atoms with E-state index < -0.39 is 35.4 Å². The van der Waals surface area contributed by atoms with E-state index in [1.807, 2.05) is 0 Å². The Morgan fingerprint density at radius 1 is 1.18 bits per heavy atom. The summed E-state index contributed by atoms with van der Waals surface area (Å²) in [6, 6.07) is -2.42. The van der Waals surface area contributed by atoms with Gasteiger partial charge in [0.15, 0.2) is 0 Å². The van der Waals surface area contributed by atoms with Gasteiger partial charge in [-0.25, -0.2) is 18.4 Å². The van der Waals surface area contributed by atoms with Crippen LogP contribution in [0.5, 0.6) is 0 Å². The van der Waals surface area contributed by atoms with Gasteiger partial charge in [-0.2, -0.15) is 0 Å². The molecule has 160 valence electrons. The second kappa shape index (κ2) is 8.21. The van der Waals surface area contributed by atoms with E-state index in [9.17, 15) is 28.3 Å². The summed E-state index contributed by atoms with van der Waals surface area (Å²) in [5.41, 5.74) is -0.738. The Kier molecular flexibility index (Phi) is 6.55. The number of likely N-dealkylation sites (tertiary alicyclic amines) is 1. The minimum Gasteiger partial charge on any atom is -0.480 e. The molecule has 2 aliphatic rings. The molecule has 3 amide bonds. The van der Waals surface area contributed by atoms with Crippen molar-refractivity contribution >= 4 is 17.9 Å². The first kappa shape index (κ1) is 22.4. The van der Waals surface area contributed by atoms with Crippen molar-refractivity contribution < 1.29 is 28.3 Å². The molecular weight excluding hydrogens is 372 g/mol. The third-order valence-corrected chi connectivity index (χ3v) is 5.50. The molecular formula is C19H31F2N3O4. The molecule has 7 nitrogen and oxygen atoms in total. The number of hydrogen-bond acceptors (Lipinski definition) is 3. The van der Waals surface area contributed by atoms with Gasteiger partial charge in [-0.15, -0.1) is 0 Å². The van der Waals surface area contributed by atoms with E-state index in [0.29, 0.717) is 6.54 Å². The van der Waals surface area contributed by atoms with Gasteiger partial charge in [-0.1, -0.05) is 20.8 Å². The Balaban J connectivity index is 2.29. The number of carboxylic acids is 1. The average Bonchev–Trinajstić information content (AvgIpc) is 3.01. The van der Waals surface area contributed by atoms with Gasteiger partial charge in [0.2, 0.25) is 11.8 Å². The number of aliphatic carboxylic acids is 1. The fourth-order valence-corrected chi connectivity index (χ4v) is 4.05. The summed E-state index contributed by atoms with van der Waals surface area (Å²) in [7, 11) is 0. The van der Waals surface area contributed by atoms with Crippen molar-refractivity contribution in [3.8, 4) is 0 Å². The summed E-state index contributed by atoms with van der Waals surface area (Å²) in [5, 5.41) is 12.2. The monoisotopic (exact) mass is 403 g/mol. The van der Waals surface area contributed by atoms with E-state index in [0.717, 1.165) is 0 Å². The standard InChI is InChI=1S/C19H31F2N3O4/c1-5-22-17(28)23-11-13(10-14(23)15(25)26)24(16(27)18(2,3)4)12-6-8-19(20,21)9-7-12/h12-14H,5-11H2,1-4H3,(H,22,28)(H,25,26)/t13-,14-/m0/s1. The quantitative estimate of drug-likeness (QED) is 0.755. The van der Waals surface area contributed by atoms with Crippen molar-refractivity contribution in [1.82, 2.24) is 15.1 Å². The molecule has 0 radical (unpaired) electrons. The average molecular weight is 403 g/mol. The zero-order valence-corrected chi connectivity index (χ0v) is 17.0. The molecule has 1 aliphatic carbocycles. The molecule has 1 saturated heterocycles. The van der Waals surface area contributed by atoms with Crippen LogP contribution in [-0.2, 0) is 9.59 Å². The molecule has 2 N–H and O–H groups in total. The molecule has 0 spiro atoms. The second-order valence-corrected chi connectivity index (χ2v) is 8.78. The predicted octanol–water partition coefficient (Wildman–Crippen LogP) is 2.70. The van der Waals surface area contributed by atoms with Crippen molar-refractivity contribution in [2.24, 2.45) is 5.41 Å². The largest absolute Gasteiger partial charge is 0.480 e. The maximum atomic E-state index is 13.6. The number of carbonyl (C=O) groups excluding carboxylic acids is 2.